The summed E-state index contributed by atoms with van der Waals surface area (Å²) in [6.07, 6.45) is 1.12. The molecule has 0 aliphatic carbocycles. The van der Waals surface area contributed by atoms with Gasteiger partial charge in [0.15, 0.2) is 0 Å². The normalized spacial score (nSPS) is 13.6. The van der Waals surface area contributed by atoms with Gasteiger partial charge in [-0.15, -0.1) is 0 Å². The fraction of sp³-hybridized carbons (Fsp3) is 0.167. The van der Waals surface area contributed by atoms with E-state index in [2.05, 4.69) is 20.3 Å². The van der Waals surface area contributed by atoms with Crippen molar-refractivity contribution in [2.45, 2.75) is 12.8 Å². The third kappa shape index (κ3) is 2.81. The number of rotatable bonds is 2. The number of anilines is 1. The van der Waals surface area contributed by atoms with Crippen LogP contribution in [0.15, 0.2) is 18.2 Å². The van der Waals surface area contributed by atoms with Crippen LogP contribution in [-0.4, -0.2) is 20.9 Å². The van der Waals surface area contributed by atoms with Gasteiger partial charge in [-0.2, -0.15) is 15.0 Å². The number of fused-ring (bicyclic) bond motifs is 1. The monoisotopic (exact) mass is 310 g/mol. The molecule has 0 spiro atoms. The maximum absolute atomic E-state index is 11.3. The first-order valence-corrected chi connectivity index (χ1v) is 6.53. The number of halogens is 2. The lowest BCUT2D eigenvalue weighted by Gasteiger charge is -2.17. The summed E-state index contributed by atoms with van der Waals surface area (Å²) in [7, 11) is 0. The van der Waals surface area contributed by atoms with Crippen LogP contribution < -0.4 is 10.1 Å². The lowest BCUT2D eigenvalue weighted by Crippen LogP contribution is -2.18. The molecule has 0 atom stereocenters. The molecule has 1 aliphatic heterocycles. The molecule has 0 saturated carbocycles. The number of aromatic nitrogens is 3. The van der Waals surface area contributed by atoms with Crippen molar-refractivity contribution < 1.29 is 9.53 Å². The first-order chi connectivity index (χ1) is 9.60. The minimum atomic E-state index is -0.0368. The Morgan fingerprint density at radius 2 is 1.85 bits per heavy atom. The average Bonchev–Trinajstić information content (AvgIpc) is 2.38. The molecule has 20 heavy (non-hydrogen) atoms. The Kier molecular flexibility index (Phi) is 3.42. The lowest BCUT2D eigenvalue weighted by molar-refractivity contribution is -0.116. The molecule has 0 fully saturated rings. The maximum atomic E-state index is 11.3. The molecule has 0 saturated heterocycles. The van der Waals surface area contributed by atoms with Crippen LogP contribution in [0.4, 0.5) is 5.69 Å². The number of carbonyl (C=O) groups is 1. The Morgan fingerprint density at radius 3 is 2.60 bits per heavy atom. The minimum absolute atomic E-state index is 0.0159. The first-order valence-electron chi connectivity index (χ1n) is 5.78. The van der Waals surface area contributed by atoms with Gasteiger partial charge in [-0.05, 0) is 53.4 Å². The molecule has 1 aliphatic rings. The van der Waals surface area contributed by atoms with E-state index in [-0.39, 0.29) is 22.5 Å². The summed E-state index contributed by atoms with van der Waals surface area (Å²) in [6, 6.07) is 5.32. The van der Waals surface area contributed by atoms with E-state index in [0.717, 1.165) is 11.3 Å². The molecule has 102 valence electrons. The van der Waals surface area contributed by atoms with E-state index in [4.69, 9.17) is 27.9 Å². The smallest absolute Gasteiger partial charge is 0.327 e. The van der Waals surface area contributed by atoms with Crippen molar-refractivity contribution in [2.24, 2.45) is 0 Å². The predicted molar refractivity (Wildman–Crippen MR) is 73.3 cm³/mol. The van der Waals surface area contributed by atoms with Gasteiger partial charge < -0.3 is 10.1 Å². The number of carbonyl (C=O) groups excluding carboxylic acids is 1. The number of amides is 1. The van der Waals surface area contributed by atoms with E-state index in [1.807, 2.05) is 6.07 Å². The average molecular weight is 311 g/mol. The zero-order chi connectivity index (χ0) is 14.1. The van der Waals surface area contributed by atoms with Crippen molar-refractivity contribution in [1.82, 2.24) is 15.0 Å². The fourth-order valence-corrected chi connectivity index (χ4v) is 2.23. The van der Waals surface area contributed by atoms with Gasteiger partial charge in [0, 0.05) is 12.1 Å². The van der Waals surface area contributed by atoms with Crippen molar-refractivity contribution >= 4 is 34.8 Å². The maximum Gasteiger partial charge on any atom is 0.327 e. The summed E-state index contributed by atoms with van der Waals surface area (Å²) in [6.45, 7) is 0. The van der Waals surface area contributed by atoms with Crippen molar-refractivity contribution in [3.05, 3.63) is 34.3 Å². The molecule has 2 aromatic rings. The number of hydrogen-bond donors (Lipinski definition) is 1. The highest BCUT2D eigenvalue weighted by molar-refractivity contribution is 6.31. The molecule has 0 unspecified atom stereocenters. The summed E-state index contributed by atoms with van der Waals surface area (Å²) in [5.41, 5.74) is 1.79. The highest BCUT2D eigenvalue weighted by atomic mass is 35.5. The second-order valence-electron chi connectivity index (χ2n) is 4.13. The molecule has 6 nitrogen and oxygen atoms in total. The zero-order valence-corrected chi connectivity index (χ0v) is 11.6. The molecular weight excluding hydrogens is 303 g/mol. The summed E-state index contributed by atoms with van der Waals surface area (Å²) in [5, 5.41) is 2.72. The van der Waals surface area contributed by atoms with Gasteiger partial charge in [0.1, 0.15) is 5.75 Å². The molecule has 2 heterocycles. The quantitative estimate of drug-likeness (QED) is 0.923. The van der Waals surface area contributed by atoms with Crippen LogP contribution in [0.3, 0.4) is 0 Å². The Balaban J connectivity index is 1.86. The molecule has 8 heteroatoms. The number of hydrogen-bond acceptors (Lipinski definition) is 5. The van der Waals surface area contributed by atoms with Gasteiger partial charge in [-0.1, -0.05) is 0 Å². The third-order valence-corrected chi connectivity index (χ3v) is 3.08. The highest BCUT2D eigenvalue weighted by Crippen LogP contribution is 2.28. The van der Waals surface area contributed by atoms with E-state index in [0.29, 0.717) is 18.6 Å². The van der Waals surface area contributed by atoms with Crippen molar-refractivity contribution in [1.29, 1.82) is 0 Å². The van der Waals surface area contributed by atoms with Crippen LogP contribution in [0.1, 0.15) is 12.0 Å². The Hall–Kier alpha value is -1.92. The van der Waals surface area contributed by atoms with Gasteiger partial charge in [-0.3, -0.25) is 4.79 Å². The van der Waals surface area contributed by atoms with E-state index in [9.17, 15) is 4.79 Å². The third-order valence-electron chi connectivity index (χ3n) is 2.74. The van der Waals surface area contributed by atoms with Gasteiger partial charge >= 0.3 is 6.01 Å². The lowest BCUT2D eigenvalue weighted by atomic mass is 10.0. The summed E-state index contributed by atoms with van der Waals surface area (Å²) >= 11 is 11.3. The van der Waals surface area contributed by atoms with Crippen molar-refractivity contribution in [2.75, 3.05) is 5.32 Å². The van der Waals surface area contributed by atoms with Crippen molar-refractivity contribution in [3.8, 4) is 11.8 Å². The predicted octanol–water partition coefficient (Wildman–Crippen LogP) is 2.86. The zero-order valence-electron chi connectivity index (χ0n) is 10.1. The number of nitrogens with one attached hydrogen (secondary N) is 1. The van der Waals surface area contributed by atoms with Crippen LogP contribution in [0.2, 0.25) is 10.6 Å². The minimum Gasteiger partial charge on any atom is -0.424 e. The Bertz CT molecular complexity index is 673. The van der Waals surface area contributed by atoms with Gasteiger partial charge in [0.05, 0.1) is 0 Å². The molecule has 1 aromatic carbocycles. The van der Waals surface area contributed by atoms with Crippen LogP contribution in [0, 0.1) is 0 Å². The van der Waals surface area contributed by atoms with Crippen molar-refractivity contribution in [3.63, 3.8) is 0 Å². The highest BCUT2D eigenvalue weighted by Gasteiger charge is 2.15. The van der Waals surface area contributed by atoms with Gasteiger partial charge in [0.2, 0.25) is 16.5 Å². The summed E-state index contributed by atoms with van der Waals surface area (Å²) < 4.78 is 5.49. The first kappa shape index (κ1) is 13.1. The number of aryl methyl sites for hydroxylation is 1. The fourth-order valence-electron chi connectivity index (χ4n) is 1.88. The summed E-state index contributed by atoms with van der Waals surface area (Å²) in [4.78, 5) is 22.6. The molecule has 1 N–H and O–H groups in total. The standard InChI is InChI=1S/C12H8Cl2N4O2/c13-10-16-11(14)18-12(17-10)20-7-2-3-8-6(5-7)1-4-9(19)15-8/h2-3,5H,1,4H2,(H,15,19). The topological polar surface area (TPSA) is 77.0 Å². The van der Waals surface area contributed by atoms with E-state index in [1.54, 1.807) is 12.1 Å². The number of ether oxygens (including phenoxy) is 1. The van der Waals surface area contributed by atoms with E-state index < -0.39 is 0 Å². The molecule has 0 radical (unpaired) electrons. The number of nitrogens with zero attached hydrogens (tertiary/aromatic N) is 3. The molecule has 0 bridgehead atoms. The second-order valence-corrected chi connectivity index (χ2v) is 4.80. The van der Waals surface area contributed by atoms with E-state index >= 15 is 0 Å². The molecule has 3 rings (SSSR count). The molecule has 1 amide bonds. The Labute approximate surface area is 124 Å². The summed E-state index contributed by atoms with van der Waals surface area (Å²) in [5.74, 6) is 0.556. The largest absolute Gasteiger partial charge is 0.424 e. The van der Waals surface area contributed by atoms with E-state index in [1.165, 1.54) is 0 Å². The molecule has 1 aromatic heterocycles. The molecular formula is C12H8Cl2N4O2. The number of benzene rings is 1. The Morgan fingerprint density at radius 1 is 1.10 bits per heavy atom. The van der Waals surface area contributed by atoms with Gasteiger partial charge in [-0.25, -0.2) is 0 Å². The second kappa shape index (κ2) is 5.22. The SMILES string of the molecule is O=C1CCc2cc(Oc3nc(Cl)nc(Cl)n3)ccc2N1. The van der Waals surface area contributed by atoms with Gasteiger partial charge in [0.25, 0.3) is 0 Å². The van der Waals surface area contributed by atoms with Crippen LogP contribution in [0.5, 0.6) is 11.8 Å². The van der Waals surface area contributed by atoms with Crippen LogP contribution >= 0.6 is 23.2 Å². The van der Waals surface area contributed by atoms with Crippen LogP contribution in [0.25, 0.3) is 0 Å². The van der Waals surface area contributed by atoms with Crippen LogP contribution in [-0.2, 0) is 11.2 Å².